The highest BCUT2D eigenvalue weighted by molar-refractivity contribution is 5.43. The number of hydrogen-bond acceptors (Lipinski definition) is 8. The van der Waals surface area contributed by atoms with Gasteiger partial charge in [-0.1, -0.05) is 0 Å². The van der Waals surface area contributed by atoms with Crippen LogP contribution in [-0.2, 0) is 14.3 Å². The Kier molecular flexibility index (Phi) is 6.85. The Hall–Kier alpha value is -2.04. The van der Waals surface area contributed by atoms with E-state index in [0.29, 0.717) is 11.6 Å². The van der Waals surface area contributed by atoms with Crippen LogP contribution in [0.3, 0.4) is 0 Å². The summed E-state index contributed by atoms with van der Waals surface area (Å²) < 4.78 is 17.5. The molecule has 0 aromatic carbocycles. The molecule has 0 amide bonds. The molecule has 0 aliphatic rings. The van der Waals surface area contributed by atoms with Crippen LogP contribution in [-0.4, -0.2) is 48.3 Å². The van der Waals surface area contributed by atoms with Crippen molar-refractivity contribution in [2.45, 2.75) is 32.4 Å². The van der Waals surface area contributed by atoms with Gasteiger partial charge in [-0.25, -0.2) is 9.97 Å². The summed E-state index contributed by atoms with van der Waals surface area (Å²) in [4.78, 5) is 14.1. The molecule has 2 unspecified atom stereocenters. The second-order valence-corrected chi connectivity index (χ2v) is 5.45. The minimum absolute atomic E-state index is 0.365. The number of ether oxygens (including phenoxy) is 3. The van der Waals surface area contributed by atoms with Gasteiger partial charge in [0.15, 0.2) is 6.29 Å². The first kappa shape index (κ1) is 19.3. The maximum absolute atomic E-state index is 6.09. The summed E-state index contributed by atoms with van der Waals surface area (Å²) in [5, 5.41) is 0. The Labute approximate surface area is 147 Å². The summed E-state index contributed by atoms with van der Waals surface area (Å²) in [7, 11) is 4.63. The highest BCUT2D eigenvalue weighted by Gasteiger charge is 2.19. The number of aryl methyl sites for hydroxylation is 1. The van der Waals surface area contributed by atoms with Gasteiger partial charge < -0.3 is 24.5 Å². The molecule has 3 N–H and O–H groups in total. The van der Waals surface area contributed by atoms with Gasteiger partial charge >= 0.3 is 0 Å². The summed E-state index contributed by atoms with van der Waals surface area (Å²) >= 11 is 0. The van der Waals surface area contributed by atoms with Crippen LogP contribution in [0.2, 0.25) is 0 Å². The lowest BCUT2D eigenvalue weighted by molar-refractivity contribution is -0.197. The van der Waals surface area contributed by atoms with Crippen molar-refractivity contribution in [3.8, 4) is 11.6 Å². The highest BCUT2D eigenvalue weighted by atomic mass is 16.7. The van der Waals surface area contributed by atoms with Crippen molar-refractivity contribution in [3.63, 3.8) is 0 Å². The van der Waals surface area contributed by atoms with Gasteiger partial charge in [-0.15, -0.1) is 0 Å². The predicted octanol–water partition coefficient (Wildman–Crippen LogP) is 1.07. The summed E-state index contributed by atoms with van der Waals surface area (Å²) in [6, 6.07) is 3.66. The van der Waals surface area contributed by atoms with Gasteiger partial charge in [0.25, 0.3) is 0 Å². The molecule has 9 heteroatoms. The Morgan fingerprint density at radius 3 is 2.48 bits per heavy atom. The molecule has 0 aliphatic heterocycles. The molecular weight excluding hydrogens is 326 g/mol. The molecule has 138 valence electrons. The number of hydroxylamine groups is 1. The minimum Gasteiger partial charge on any atom is -0.479 e. The van der Waals surface area contributed by atoms with Crippen LogP contribution in [0.25, 0.3) is 5.69 Å². The fraction of sp³-hybridized carbons (Fsp3) is 0.500. The van der Waals surface area contributed by atoms with E-state index in [9.17, 15) is 0 Å². The molecule has 0 radical (unpaired) electrons. The van der Waals surface area contributed by atoms with Crippen LogP contribution in [0.4, 0.5) is 0 Å². The molecule has 2 atom stereocenters. The van der Waals surface area contributed by atoms with Gasteiger partial charge in [0, 0.05) is 20.4 Å². The van der Waals surface area contributed by atoms with Crippen molar-refractivity contribution in [3.05, 3.63) is 36.0 Å². The average Bonchev–Trinajstić information content (AvgIpc) is 3.06. The fourth-order valence-electron chi connectivity index (χ4n) is 2.30. The van der Waals surface area contributed by atoms with E-state index in [2.05, 4.69) is 15.4 Å². The maximum Gasteiger partial charge on any atom is 0.238 e. The number of nitrogens with one attached hydrogen (secondary N) is 1. The van der Waals surface area contributed by atoms with Gasteiger partial charge in [0.05, 0.1) is 24.8 Å². The summed E-state index contributed by atoms with van der Waals surface area (Å²) in [5.41, 5.74) is 11.1. The van der Waals surface area contributed by atoms with Crippen molar-refractivity contribution < 1.29 is 19.0 Å². The molecular formula is C16H25N5O4. The number of imidazole rings is 1. The van der Waals surface area contributed by atoms with Crippen LogP contribution in [0.5, 0.6) is 5.88 Å². The SMILES string of the molecule is COc1nc(C(N)NOC(C)C(OC)OC)ccc1-n1cnc(C)c1. The van der Waals surface area contributed by atoms with Gasteiger partial charge in [0.2, 0.25) is 5.88 Å². The van der Waals surface area contributed by atoms with E-state index in [1.807, 2.05) is 23.8 Å². The van der Waals surface area contributed by atoms with Crippen molar-refractivity contribution in [2.24, 2.45) is 5.73 Å². The Morgan fingerprint density at radius 1 is 1.20 bits per heavy atom. The second-order valence-electron chi connectivity index (χ2n) is 5.45. The number of nitrogens with two attached hydrogens (primary N) is 1. The third-order valence-corrected chi connectivity index (χ3v) is 3.59. The fourth-order valence-corrected chi connectivity index (χ4v) is 2.30. The Balaban J connectivity index is 2.09. The smallest absolute Gasteiger partial charge is 0.238 e. The average molecular weight is 351 g/mol. The van der Waals surface area contributed by atoms with Crippen LogP contribution >= 0.6 is 0 Å². The summed E-state index contributed by atoms with van der Waals surface area (Å²) in [6.07, 6.45) is 2.07. The molecule has 0 saturated carbocycles. The van der Waals surface area contributed by atoms with E-state index in [1.54, 1.807) is 26.4 Å². The van der Waals surface area contributed by atoms with Crippen molar-refractivity contribution >= 4 is 0 Å². The molecule has 0 saturated heterocycles. The zero-order valence-electron chi connectivity index (χ0n) is 15.1. The number of rotatable bonds is 9. The van der Waals surface area contributed by atoms with E-state index in [-0.39, 0.29) is 6.10 Å². The van der Waals surface area contributed by atoms with Crippen LogP contribution in [0, 0.1) is 6.92 Å². The lowest BCUT2D eigenvalue weighted by Gasteiger charge is -2.23. The molecule has 25 heavy (non-hydrogen) atoms. The zero-order valence-corrected chi connectivity index (χ0v) is 15.1. The lowest BCUT2D eigenvalue weighted by Crippen LogP contribution is -2.38. The van der Waals surface area contributed by atoms with Crippen LogP contribution in [0.1, 0.15) is 24.5 Å². The molecule has 2 heterocycles. The van der Waals surface area contributed by atoms with E-state index in [4.69, 9.17) is 24.8 Å². The number of methoxy groups -OCH3 is 3. The third-order valence-electron chi connectivity index (χ3n) is 3.59. The van der Waals surface area contributed by atoms with Crippen molar-refractivity contribution in [1.29, 1.82) is 0 Å². The quantitative estimate of drug-likeness (QED) is 0.510. The molecule has 0 aliphatic carbocycles. The van der Waals surface area contributed by atoms with Crippen molar-refractivity contribution in [1.82, 2.24) is 20.0 Å². The summed E-state index contributed by atoms with van der Waals surface area (Å²) in [5.74, 6) is 0.437. The Morgan fingerprint density at radius 2 is 1.92 bits per heavy atom. The van der Waals surface area contributed by atoms with E-state index >= 15 is 0 Å². The van der Waals surface area contributed by atoms with Crippen LogP contribution in [0.15, 0.2) is 24.7 Å². The van der Waals surface area contributed by atoms with E-state index in [0.717, 1.165) is 11.4 Å². The number of hydrogen-bond donors (Lipinski definition) is 2. The zero-order chi connectivity index (χ0) is 18.4. The minimum atomic E-state index is -0.649. The number of pyridine rings is 1. The first-order valence-corrected chi connectivity index (χ1v) is 7.78. The van der Waals surface area contributed by atoms with Gasteiger partial charge in [-0.2, -0.15) is 5.48 Å². The predicted molar refractivity (Wildman–Crippen MR) is 91.1 cm³/mol. The first-order valence-electron chi connectivity index (χ1n) is 7.78. The number of aromatic nitrogens is 3. The maximum atomic E-state index is 6.09. The lowest BCUT2D eigenvalue weighted by atomic mass is 10.3. The largest absolute Gasteiger partial charge is 0.479 e. The number of nitrogens with zero attached hydrogens (tertiary/aromatic N) is 3. The van der Waals surface area contributed by atoms with E-state index in [1.165, 1.54) is 14.2 Å². The van der Waals surface area contributed by atoms with Gasteiger partial charge in [-0.3, -0.25) is 4.84 Å². The third kappa shape index (κ3) is 4.74. The van der Waals surface area contributed by atoms with E-state index < -0.39 is 12.5 Å². The topological polar surface area (TPSA) is 106 Å². The van der Waals surface area contributed by atoms with Crippen LogP contribution < -0.4 is 16.0 Å². The molecule has 9 nitrogen and oxygen atoms in total. The highest BCUT2D eigenvalue weighted by Crippen LogP contribution is 2.22. The summed E-state index contributed by atoms with van der Waals surface area (Å²) in [6.45, 7) is 3.71. The molecule has 0 fully saturated rings. The molecule has 2 rings (SSSR count). The molecule has 2 aromatic rings. The second kappa shape index (κ2) is 8.88. The van der Waals surface area contributed by atoms with Crippen molar-refractivity contribution in [2.75, 3.05) is 21.3 Å². The molecule has 0 spiro atoms. The standard InChI is InChI=1S/C16H25N5O4/c1-10-8-21(9-18-10)13-7-6-12(19-15(13)22-3)14(17)20-25-11(2)16(23-4)24-5/h6-9,11,14,16,20H,17H2,1-5H3. The molecule has 0 bridgehead atoms. The van der Waals surface area contributed by atoms with Gasteiger partial charge in [0.1, 0.15) is 18.0 Å². The first-order chi connectivity index (χ1) is 12.0. The van der Waals surface area contributed by atoms with Gasteiger partial charge in [-0.05, 0) is 26.0 Å². The molecule has 2 aromatic heterocycles. The Bertz CT molecular complexity index is 674. The monoisotopic (exact) mass is 351 g/mol. The normalized spacial score (nSPS) is 13.9.